The van der Waals surface area contributed by atoms with Crippen molar-refractivity contribution in [3.63, 3.8) is 0 Å². The van der Waals surface area contributed by atoms with Gasteiger partial charge in [0.1, 0.15) is 13.2 Å². The van der Waals surface area contributed by atoms with Crippen molar-refractivity contribution in [2.75, 3.05) is 13.2 Å². The molecular formula is C56H106O6. The molecule has 62 heavy (non-hydrogen) atoms. The van der Waals surface area contributed by atoms with E-state index in [2.05, 4.69) is 32.9 Å². The van der Waals surface area contributed by atoms with Crippen LogP contribution in [-0.2, 0) is 28.6 Å². The number of allylic oxidation sites excluding steroid dienone is 2. The number of hydrogen-bond donors (Lipinski definition) is 0. The monoisotopic (exact) mass is 875 g/mol. The third kappa shape index (κ3) is 49.2. The van der Waals surface area contributed by atoms with Gasteiger partial charge in [-0.15, -0.1) is 0 Å². The predicted molar refractivity (Wildman–Crippen MR) is 266 cm³/mol. The Bertz CT molecular complexity index is 962. The average molecular weight is 875 g/mol. The molecule has 366 valence electrons. The number of carbonyl (C=O) groups is 3. The fraction of sp³-hybridized carbons (Fsp3) is 0.911. The largest absolute Gasteiger partial charge is 0.462 e. The zero-order chi connectivity index (χ0) is 45.1. The molecule has 0 heterocycles. The fourth-order valence-electron chi connectivity index (χ4n) is 8.32. The highest BCUT2D eigenvalue weighted by Gasteiger charge is 2.19. The maximum absolute atomic E-state index is 12.8. The van der Waals surface area contributed by atoms with Crippen molar-refractivity contribution < 1.29 is 28.6 Å². The van der Waals surface area contributed by atoms with E-state index >= 15 is 0 Å². The highest BCUT2D eigenvalue weighted by molar-refractivity contribution is 5.71. The standard InChI is InChI=1S/C56H106O6/c1-4-7-10-13-16-19-22-25-27-28-30-31-34-37-40-43-46-49-55(58)61-52-53(51-60-54(57)48-45-42-39-36-33-24-21-18-15-12-9-6-3)62-56(59)50-47-44-41-38-35-32-29-26-23-20-17-14-11-8-5-2/h26,29,53H,4-25,27-28,30-52H2,1-3H3/b29-26-/t53-/m1/s1. The van der Waals surface area contributed by atoms with Crippen molar-refractivity contribution in [2.45, 2.75) is 316 Å². The zero-order valence-corrected chi connectivity index (χ0v) is 41.9. The van der Waals surface area contributed by atoms with Crippen molar-refractivity contribution >= 4 is 17.9 Å². The molecule has 0 aliphatic rings. The Kier molecular flexibility index (Phi) is 50.2. The number of hydrogen-bond acceptors (Lipinski definition) is 6. The second-order valence-electron chi connectivity index (χ2n) is 18.9. The van der Waals surface area contributed by atoms with Gasteiger partial charge in [0.2, 0.25) is 0 Å². The van der Waals surface area contributed by atoms with Crippen LogP contribution in [0, 0.1) is 0 Å². The van der Waals surface area contributed by atoms with Crippen LogP contribution >= 0.6 is 0 Å². The van der Waals surface area contributed by atoms with Crippen LogP contribution in [0.2, 0.25) is 0 Å². The van der Waals surface area contributed by atoms with Gasteiger partial charge in [-0.1, -0.05) is 258 Å². The predicted octanol–water partition coefficient (Wildman–Crippen LogP) is 18.2. The molecule has 0 saturated carbocycles. The Morgan fingerprint density at radius 3 is 0.806 bits per heavy atom. The van der Waals surface area contributed by atoms with Crippen LogP contribution in [0.4, 0.5) is 0 Å². The Hall–Kier alpha value is -1.85. The van der Waals surface area contributed by atoms with Gasteiger partial charge >= 0.3 is 17.9 Å². The number of unbranched alkanes of at least 4 members (excludes halogenated alkanes) is 38. The van der Waals surface area contributed by atoms with Gasteiger partial charge in [-0.2, -0.15) is 0 Å². The Labute approximate surface area is 386 Å². The van der Waals surface area contributed by atoms with Crippen molar-refractivity contribution in [3.8, 4) is 0 Å². The molecule has 0 aliphatic carbocycles. The van der Waals surface area contributed by atoms with Crippen molar-refractivity contribution in [2.24, 2.45) is 0 Å². The molecule has 0 aliphatic heterocycles. The van der Waals surface area contributed by atoms with Gasteiger partial charge in [0.25, 0.3) is 0 Å². The highest BCUT2D eigenvalue weighted by Crippen LogP contribution is 2.17. The molecule has 0 saturated heterocycles. The summed E-state index contributed by atoms with van der Waals surface area (Å²) in [4.78, 5) is 38.0. The van der Waals surface area contributed by atoms with E-state index in [9.17, 15) is 14.4 Å². The molecule has 1 atom stereocenters. The second-order valence-corrected chi connectivity index (χ2v) is 18.9. The molecule has 0 radical (unpaired) electrons. The summed E-state index contributed by atoms with van der Waals surface area (Å²) < 4.78 is 16.8. The van der Waals surface area contributed by atoms with Gasteiger partial charge in [0, 0.05) is 19.3 Å². The molecule has 0 aromatic carbocycles. The lowest BCUT2D eigenvalue weighted by atomic mass is 10.0. The molecule has 0 aromatic rings. The summed E-state index contributed by atoms with van der Waals surface area (Å²) in [5, 5.41) is 0. The fourth-order valence-corrected chi connectivity index (χ4v) is 8.32. The molecule has 0 spiro atoms. The van der Waals surface area contributed by atoms with Crippen molar-refractivity contribution in [1.82, 2.24) is 0 Å². The van der Waals surface area contributed by atoms with Crippen LogP contribution in [0.5, 0.6) is 0 Å². The lowest BCUT2D eigenvalue weighted by molar-refractivity contribution is -0.167. The van der Waals surface area contributed by atoms with Gasteiger partial charge in [-0.3, -0.25) is 14.4 Å². The molecule has 0 N–H and O–H groups in total. The second kappa shape index (κ2) is 51.8. The maximum atomic E-state index is 12.8. The number of ether oxygens (including phenoxy) is 3. The van der Waals surface area contributed by atoms with E-state index in [1.165, 1.54) is 205 Å². The normalized spacial score (nSPS) is 12.0. The van der Waals surface area contributed by atoms with E-state index in [1.807, 2.05) is 0 Å². The number of rotatable bonds is 51. The number of esters is 3. The first kappa shape index (κ1) is 60.2. The molecule has 0 fully saturated rings. The summed E-state index contributed by atoms with van der Waals surface area (Å²) in [6.07, 6.45) is 57.7. The van der Waals surface area contributed by atoms with Crippen LogP contribution < -0.4 is 0 Å². The highest BCUT2D eigenvalue weighted by atomic mass is 16.6. The summed E-state index contributed by atoms with van der Waals surface area (Å²) >= 11 is 0. The minimum absolute atomic E-state index is 0.0677. The van der Waals surface area contributed by atoms with Gasteiger partial charge in [-0.25, -0.2) is 0 Å². The van der Waals surface area contributed by atoms with Crippen LogP contribution in [0.15, 0.2) is 12.2 Å². The van der Waals surface area contributed by atoms with Crippen LogP contribution in [-0.4, -0.2) is 37.2 Å². The summed E-state index contributed by atoms with van der Waals surface area (Å²) in [5.41, 5.74) is 0. The van der Waals surface area contributed by atoms with E-state index in [0.717, 1.165) is 64.2 Å². The van der Waals surface area contributed by atoms with E-state index in [4.69, 9.17) is 14.2 Å². The molecule has 6 nitrogen and oxygen atoms in total. The average Bonchev–Trinajstić information content (AvgIpc) is 3.27. The topological polar surface area (TPSA) is 78.9 Å². The maximum Gasteiger partial charge on any atom is 0.306 e. The zero-order valence-electron chi connectivity index (χ0n) is 41.9. The summed E-state index contributed by atoms with van der Waals surface area (Å²) in [6, 6.07) is 0. The third-order valence-corrected chi connectivity index (χ3v) is 12.5. The first-order valence-corrected chi connectivity index (χ1v) is 27.7. The Morgan fingerprint density at radius 2 is 0.532 bits per heavy atom. The Morgan fingerprint density at radius 1 is 0.306 bits per heavy atom. The van der Waals surface area contributed by atoms with Crippen molar-refractivity contribution in [3.05, 3.63) is 12.2 Å². The van der Waals surface area contributed by atoms with E-state index in [-0.39, 0.29) is 31.1 Å². The molecule has 0 amide bonds. The number of carbonyl (C=O) groups excluding carboxylic acids is 3. The molecular weight excluding hydrogens is 769 g/mol. The van der Waals surface area contributed by atoms with E-state index in [1.54, 1.807) is 0 Å². The summed E-state index contributed by atoms with van der Waals surface area (Å²) in [7, 11) is 0. The molecule has 0 aromatic heterocycles. The first-order chi connectivity index (χ1) is 30.5. The first-order valence-electron chi connectivity index (χ1n) is 27.7. The van der Waals surface area contributed by atoms with E-state index < -0.39 is 6.10 Å². The smallest absolute Gasteiger partial charge is 0.306 e. The third-order valence-electron chi connectivity index (χ3n) is 12.5. The lowest BCUT2D eigenvalue weighted by Gasteiger charge is -2.18. The summed E-state index contributed by atoms with van der Waals surface area (Å²) in [5.74, 6) is -0.855. The van der Waals surface area contributed by atoms with Crippen LogP contribution in [0.25, 0.3) is 0 Å². The van der Waals surface area contributed by atoms with Gasteiger partial charge in [-0.05, 0) is 44.9 Å². The lowest BCUT2D eigenvalue weighted by Crippen LogP contribution is -2.30. The Balaban J connectivity index is 4.31. The van der Waals surface area contributed by atoms with Gasteiger partial charge in [0.05, 0.1) is 0 Å². The van der Waals surface area contributed by atoms with Crippen molar-refractivity contribution in [1.29, 1.82) is 0 Å². The van der Waals surface area contributed by atoms with Crippen LogP contribution in [0.1, 0.15) is 310 Å². The molecule has 0 unspecified atom stereocenters. The quantitative estimate of drug-likeness (QED) is 0.0262. The molecule has 0 rings (SSSR count). The minimum atomic E-state index is -0.768. The van der Waals surface area contributed by atoms with Gasteiger partial charge < -0.3 is 14.2 Å². The SMILES string of the molecule is CCCCCCCC/C=C\CCCCCCCC(=O)O[C@H](COC(=O)CCCCCCCCCCCCCC)COC(=O)CCCCCCCCCCCCCCCCCCC. The minimum Gasteiger partial charge on any atom is -0.462 e. The molecule has 0 bridgehead atoms. The van der Waals surface area contributed by atoms with E-state index in [0.29, 0.717) is 19.3 Å². The van der Waals surface area contributed by atoms with Crippen LogP contribution in [0.3, 0.4) is 0 Å². The van der Waals surface area contributed by atoms with Gasteiger partial charge in [0.15, 0.2) is 6.10 Å². The summed E-state index contributed by atoms with van der Waals surface area (Å²) in [6.45, 7) is 6.67. The molecule has 6 heteroatoms.